The van der Waals surface area contributed by atoms with Gasteiger partial charge in [0.2, 0.25) is 0 Å². The Kier molecular flexibility index (Phi) is 4.96. The van der Waals surface area contributed by atoms with Gasteiger partial charge < -0.3 is 4.42 Å². The molecular formula is C16H21N5OS. The quantitative estimate of drug-likeness (QED) is 0.618. The minimum atomic E-state index is 0.698. The molecule has 7 heteroatoms. The fourth-order valence-corrected chi connectivity index (χ4v) is 3.13. The third-order valence-electron chi connectivity index (χ3n) is 4.09. The van der Waals surface area contributed by atoms with Crippen molar-refractivity contribution in [1.29, 1.82) is 0 Å². The lowest BCUT2D eigenvalue weighted by Gasteiger charge is -2.33. The van der Waals surface area contributed by atoms with E-state index in [2.05, 4.69) is 27.7 Å². The van der Waals surface area contributed by atoms with Gasteiger partial charge >= 0.3 is 0 Å². The molecule has 1 fully saturated rings. The molecule has 122 valence electrons. The molecule has 2 aromatic rings. The molecule has 6 nitrogen and oxygen atoms in total. The van der Waals surface area contributed by atoms with Crippen LogP contribution in [0.3, 0.4) is 0 Å². The third kappa shape index (κ3) is 3.39. The third-order valence-corrected chi connectivity index (χ3v) is 4.53. The Hall–Kier alpha value is -1.88. The van der Waals surface area contributed by atoms with Crippen LogP contribution in [0, 0.1) is 17.1 Å². The molecule has 1 aliphatic rings. The van der Waals surface area contributed by atoms with Gasteiger partial charge in [-0.15, -0.1) is 11.5 Å². The number of nitrogens with zero attached hydrogens (tertiary/aromatic N) is 5. The van der Waals surface area contributed by atoms with Crippen LogP contribution in [0.15, 0.2) is 22.8 Å². The molecule has 23 heavy (non-hydrogen) atoms. The van der Waals surface area contributed by atoms with E-state index in [0.717, 1.165) is 55.6 Å². The molecule has 0 N–H and O–H groups in total. The molecule has 0 amide bonds. The Morgan fingerprint density at radius 2 is 2.04 bits per heavy atom. The van der Waals surface area contributed by atoms with Crippen LogP contribution < -0.4 is 0 Å². The van der Waals surface area contributed by atoms with E-state index in [0.29, 0.717) is 6.67 Å². The van der Waals surface area contributed by atoms with Crippen LogP contribution in [-0.2, 0) is 13.2 Å². The predicted molar refractivity (Wildman–Crippen MR) is 91.3 cm³/mol. The minimum absolute atomic E-state index is 0.698. The first-order valence-electron chi connectivity index (χ1n) is 7.82. The second-order valence-electron chi connectivity index (χ2n) is 5.57. The molecule has 0 saturated carbocycles. The number of aromatic nitrogens is 3. The zero-order chi connectivity index (χ0) is 16.2. The second kappa shape index (κ2) is 7.13. The monoisotopic (exact) mass is 331 g/mol. The smallest absolute Gasteiger partial charge is 0.199 e. The molecule has 0 aliphatic carbocycles. The Labute approximate surface area is 141 Å². The van der Waals surface area contributed by atoms with Crippen molar-refractivity contribution in [2.24, 2.45) is 0 Å². The number of hydrogen-bond donors (Lipinski definition) is 0. The van der Waals surface area contributed by atoms with Gasteiger partial charge in [-0.05, 0) is 31.3 Å². The molecule has 0 spiro atoms. The lowest BCUT2D eigenvalue weighted by Crippen LogP contribution is -2.46. The molecule has 0 aromatic carbocycles. The fraction of sp³-hybridized carbons (Fsp3) is 0.500. The van der Waals surface area contributed by atoms with Crippen molar-refractivity contribution in [3.63, 3.8) is 0 Å². The summed E-state index contributed by atoms with van der Waals surface area (Å²) in [6, 6.07) is 3.77. The van der Waals surface area contributed by atoms with Gasteiger partial charge in [0.1, 0.15) is 0 Å². The summed E-state index contributed by atoms with van der Waals surface area (Å²) >= 11 is 5.58. The summed E-state index contributed by atoms with van der Waals surface area (Å²) in [4.78, 5) is 4.64. The first kappa shape index (κ1) is 16.0. The zero-order valence-electron chi connectivity index (χ0n) is 13.3. The first-order chi connectivity index (χ1) is 11.2. The van der Waals surface area contributed by atoms with Crippen molar-refractivity contribution in [2.75, 3.05) is 32.7 Å². The van der Waals surface area contributed by atoms with E-state index in [9.17, 15) is 0 Å². The number of hydrogen-bond acceptors (Lipinski definition) is 5. The topological polar surface area (TPSA) is 42.4 Å². The van der Waals surface area contributed by atoms with E-state index >= 15 is 0 Å². The number of piperazine rings is 1. The van der Waals surface area contributed by atoms with Crippen molar-refractivity contribution in [3.8, 4) is 23.9 Å². The Morgan fingerprint density at radius 1 is 1.30 bits per heavy atom. The van der Waals surface area contributed by atoms with Crippen molar-refractivity contribution in [2.45, 2.75) is 20.1 Å². The van der Waals surface area contributed by atoms with Crippen LogP contribution in [0.25, 0.3) is 11.6 Å². The Bertz CT molecular complexity index is 732. The van der Waals surface area contributed by atoms with Crippen LogP contribution in [-0.4, -0.2) is 56.9 Å². The summed E-state index contributed by atoms with van der Waals surface area (Å²) in [6.07, 6.45) is 7.03. The summed E-state index contributed by atoms with van der Waals surface area (Å²) in [5, 5.41) is 4.67. The molecule has 3 heterocycles. The fourth-order valence-electron chi connectivity index (χ4n) is 2.81. The molecule has 1 saturated heterocycles. The van der Waals surface area contributed by atoms with Gasteiger partial charge in [-0.1, -0.05) is 5.92 Å². The molecular weight excluding hydrogens is 310 g/mol. The highest BCUT2D eigenvalue weighted by Gasteiger charge is 2.19. The van der Waals surface area contributed by atoms with Gasteiger partial charge in [0.25, 0.3) is 0 Å². The standard InChI is InChI=1S/C16H21N5OS/c1-3-7-18-8-10-19(11-9-18)13-21-16(23)20(4-2)15(17-21)14-6-5-12-22-14/h1,5-6,12H,4,7-11,13H2,2H3. The highest BCUT2D eigenvalue weighted by molar-refractivity contribution is 7.71. The highest BCUT2D eigenvalue weighted by Crippen LogP contribution is 2.19. The summed E-state index contributed by atoms with van der Waals surface area (Å²) in [6.45, 7) is 8.16. The van der Waals surface area contributed by atoms with Crippen molar-refractivity contribution < 1.29 is 4.42 Å². The lowest BCUT2D eigenvalue weighted by molar-refractivity contribution is 0.111. The average molecular weight is 331 g/mol. The Balaban J connectivity index is 1.74. The van der Waals surface area contributed by atoms with E-state index in [-0.39, 0.29) is 0 Å². The van der Waals surface area contributed by atoms with Gasteiger partial charge in [0, 0.05) is 32.7 Å². The summed E-state index contributed by atoms with van der Waals surface area (Å²) in [5.41, 5.74) is 0. The molecule has 1 aliphatic heterocycles. The largest absolute Gasteiger partial charge is 0.461 e. The van der Waals surface area contributed by atoms with Gasteiger partial charge in [0.05, 0.1) is 19.5 Å². The summed E-state index contributed by atoms with van der Waals surface area (Å²) in [7, 11) is 0. The highest BCUT2D eigenvalue weighted by atomic mass is 32.1. The van der Waals surface area contributed by atoms with Gasteiger partial charge in [-0.25, -0.2) is 4.68 Å². The molecule has 0 unspecified atom stereocenters. The number of furan rings is 1. The van der Waals surface area contributed by atoms with E-state index in [1.807, 2.05) is 21.4 Å². The second-order valence-corrected chi connectivity index (χ2v) is 5.93. The summed E-state index contributed by atoms with van der Waals surface area (Å²) in [5.74, 6) is 4.24. The van der Waals surface area contributed by atoms with Crippen molar-refractivity contribution in [3.05, 3.63) is 23.2 Å². The van der Waals surface area contributed by atoms with Crippen LogP contribution >= 0.6 is 12.2 Å². The average Bonchev–Trinajstić information content (AvgIpc) is 3.18. The van der Waals surface area contributed by atoms with Crippen molar-refractivity contribution in [1.82, 2.24) is 24.1 Å². The van der Waals surface area contributed by atoms with Crippen LogP contribution in [0.1, 0.15) is 6.92 Å². The van der Waals surface area contributed by atoms with E-state index in [1.54, 1.807) is 6.26 Å². The predicted octanol–water partition coefficient (Wildman–Crippen LogP) is 1.90. The van der Waals surface area contributed by atoms with Crippen LogP contribution in [0.4, 0.5) is 0 Å². The van der Waals surface area contributed by atoms with Crippen LogP contribution in [0.5, 0.6) is 0 Å². The van der Waals surface area contributed by atoms with E-state index in [4.69, 9.17) is 23.1 Å². The maximum absolute atomic E-state index is 5.58. The summed E-state index contributed by atoms with van der Waals surface area (Å²) < 4.78 is 10.1. The van der Waals surface area contributed by atoms with Crippen molar-refractivity contribution >= 4 is 12.2 Å². The SMILES string of the molecule is C#CCN1CCN(Cn2nc(-c3ccco3)n(CC)c2=S)CC1. The van der Waals surface area contributed by atoms with E-state index < -0.39 is 0 Å². The zero-order valence-corrected chi connectivity index (χ0v) is 14.1. The normalized spacial score (nSPS) is 16.5. The van der Waals surface area contributed by atoms with Gasteiger partial charge in [0.15, 0.2) is 16.4 Å². The molecule has 0 radical (unpaired) electrons. The molecule has 0 bridgehead atoms. The van der Waals surface area contributed by atoms with Gasteiger partial charge in [-0.3, -0.25) is 14.4 Å². The Morgan fingerprint density at radius 3 is 2.65 bits per heavy atom. The molecule has 2 aromatic heterocycles. The van der Waals surface area contributed by atoms with Gasteiger partial charge in [-0.2, -0.15) is 0 Å². The van der Waals surface area contributed by atoms with E-state index in [1.165, 1.54) is 0 Å². The maximum atomic E-state index is 5.58. The number of terminal acetylenes is 1. The first-order valence-corrected chi connectivity index (χ1v) is 8.23. The minimum Gasteiger partial charge on any atom is -0.461 e. The molecule has 3 rings (SSSR count). The maximum Gasteiger partial charge on any atom is 0.199 e. The number of rotatable bonds is 5. The van der Waals surface area contributed by atoms with Crippen LogP contribution in [0.2, 0.25) is 0 Å². The lowest BCUT2D eigenvalue weighted by atomic mass is 10.3. The molecule has 0 atom stereocenters.